The number of anilines is 1. The predicted octanol–water partition coefficient (Wildman–Crippen LogP) is 6.17. The summed E-state index contributed by atoms with van der Waals surface area (Å²) in [5.74, 6) is 1.36. The van der Waals surface area contributed by atoms with E-state index in [0.717, 1.165) is 55.7 Å². The molecule has 1 aliphatic heterocycles. The van der Waals surface area contributed by atoms with Crippen LogP contribution in [0.4, 0.5) is 5.00 Å². The molecule has 8 heteroatoms. The lowest BCUT2D eigenvalue weighted by Crippen LogP contribution is -2.36. The molecule has 0 spiro atoms. The molecule has 0 radical (unpaired) electrons. The average molecular weight is 450 g/mol. The molecule has 1 saturated heterocycles. The van der Waals surface area contributed by atoms with E-state index in [9.17, 15) is 0 Å². The summed E-state index contributed by atoms with van der Waals surface area (Å²) >= 11 is 14.6. The maximum absolute atomic E-state index is 6.44. The molecule has 152 valence electrons. The van der Waals surface area contributed by atoms with Gasteiger partial charge in [0, 0.05) is 30.1 Å². The summed E-state index contributed by atoms with van der Waals surface area (Å²) in [7, 11) is 0. The summed E-state index contributed by atoms with van der Waals surface area (Å²) in [5, 5.41) is 6.72. The van der Waals surface area contributed by atoms with E-state index in [0.29, 0.717) is 28.3 Å². The smallest absolute Gasteiger partial charge is 0.145 e. The van der Waals surface area contributed by atoms with Crippen LogP contribution in [0.3, 0.4) is 0 Å². The van der Waals surface area contributed by atoms with Crippen LogP contribution >= 0.6 is 34.5 Å². The Bertz CT molecular complexity index is 960. The van der Waals surface area contributed by atoms with Gasteiger partial charge in [0.15, 0.2) is 0 Å². The molecule has 2 fully saturated rings. The highest BCUT2D eigenvalue weighted by Gasteiger charge is 2.34. The third kappa shape index (κ3) is 4.04. The first-order valence-corrected chi connectivity index (χ1v) is 11.5. The van der Waals surface area contributed by atoms with Gasteiger partial charge < -0.3 is 14.2 Å². The Morgan fingerprint density at radius 1 is 1.14 bits per heavy atom. The molecule has 0 bridgehead atoms. The summed E-state index contributed by atoms with van der Waals surface area (Å²) in [4.78, 5) is 6.55. The predicted molar refractivity (Wildman–Crippen MR) is 116 cm³/mol. The molecule has 0 amide bonds. The standard InChI is InChI=1S/C21H21Cl2N3O2S/c22-16-2-1-3-17(23)19(16)20-15(21(28-25-20)13-4-5-13)11-27-14-6-8-26(9-7-14)18-10-24-12-29-18/h1-3,10,12-14H,4-9,11H2. The molecule has 1 saturated carbocycles. The van der Waals surface area contributed by atoms with Gasteiger partial charge in [-0.3, -0.25) is 4.98 Å². The van der Waals surface area contributed by atoms with E-state index < -0.39 is 0 Å². The van der Waals surface area contributed by atoms with Gasteiger partial charge in [-0.1, -0.05) is 34.4 Å². The maximum atomic E-state index is 6.44. The van der Waals surface area contributed by atoms with Crippen molar-refractivity contribution in [2.75, 3.05) is 18.0 Å². The van der Waals surface area contributed by atoms with Crippen molar-refractivity contribution in [1.29, 1.82) is 0 Å². The fourth-order valence-electron chi connectivity index (χ4n) is 3.86. The van der Waals surface area contributed by atoms with Crippen LogP contribution < -0.4 is 4.90 Å². The first kappa shape index (κ1) is 19.4. The highest BCUT2D eigenvalue weighted by Crippen LogP contribution is 2.46. The van der Waals surface area contributed by atoms with Crippen molar-refractivity contribution in [3.8, 4) is 11.3 Å². The lowest BCUT2D eigenvalue weighted by atomic mass is 10.0. The molecule has 0 atom stereocenters. The van der Waals surface area contributed by atoms with Crippen molar-refractivity contribution in [2.24, 2.45) is 0 Å². The molecule has 0 N–H and O–H groups in total. The minimum atomic E-state index is 0.218. The third-order valence-electron chi connectivity index (χ3n) is 5.60. The zero-order valence-corrected chi connectivity index (χ0v) is 18.1. The Hall–Kier alpha value is -1.60. The lowest BCUT2D eigenvalue weighted by molar-refractivity contribution is 0.0247. The number of hydrogen-bond donors (Lipinski definition) is 0. The second kappa shape index (κ2) is 8.26. The van der Waals surface area contributed by atoms with Crippen LogP contribution in [0.25, 0.3) is 11.3 Å². The van der Waals surface area contributed by atoms with E-state index in [2.05, 4.69) is 15.0 Å². The molecule has 2 aliphatic rings. The zero-order chi connectivity index (χ0) is 19.8. The molecule has 5 nitrogen and oxygen atoms in total. The molecular formula is C21H21Cl2N3O2S. The van der Waals surface area contributed by atoms with E-state index in [1.165, 1.54) is 5.00 Å². The number of halogens is 2. The Labute approximate surface area is 183 Å². The Morgan fingerprint density at radius 3 is 2.55 bits per heavy atom. The molecule has 1 aliphatic carbocycles. The molecule has 2 aromatic heterocycles. The molecule has 29 heavy (non-hydrogen) atoms. The fraction of sp³-hybridized carbons (Fsp3) is 0.429. The number of hydrogen-bond acceptors (Lipinski definition) is 6. The van der Waals surface area contributed by atoms with Crippen LogP contribution in [-0.2, 0) is 11.3 Å². The minimum Gasteiger partial charge on any atom is -0.373 e. The second-order valence-corrected chi connectivity index (χ2v) is 9.26. The SMILES string of the molecule is Clc1cccc(Cl)c1-c1noc(C2CC2)c1COC1CCN(c2cncs2)CC1. The van der Waals surface area contributed by atoms with Crippen LogP contribution in [0, 0.1) is 0 Å². The van der Waals surface area contributed by atoms with Crippen LogP contribution in [0.15, 0.2) is 34.4 Å². The topological polar surface area (TPSA) is 51.4 Å². The summed E-state index contributed by atoms with van der Waals surface area (Å²) in [5.41, 5.74) is 4.31. The Balaban J connectivity index is 1.32. The summed E-state index contributed by atoms with van der Waals surface area (Å²) < 4.78 is 12.1. The van der Waals surface area contributed by atoms with Crippen molar-refractivity contribution >= 4 is 39.5 Å². The molecule has 5 rings (SSSR count). The number of benzene rings is 1. The van der Waals surface area contributed by atoms with Gasteiger partial charge in [-0.05, 0) is 37.8 Å². The van der Waals surface area contributed by atoms with Gasteiger partial charge in [0.1, 0.15) is 16.5 Å². The number of thiazole rings is 1. The van der Waals surface area contributed by atoms with Crippen molar-refractivity contribution in [3.05, 3.63) is 51.3 Å². The Kier molecular flexibility index (Phi) is 5.52. The van der Waals surface area contributed by atoms with Gasteiger partial charge in [-0.2, -0.15) is 0 Å². The molecule has 1 aromatic carbocycles. The van der Waals surface area contributed by atoms with E-state index in [1.807, 2.05) is 29.9 Å². The summed E-state index contributed by atoms with van der Waals surface area (Å²) in [6.45, 7) is 2.43. The molecule has 3 aromatic rings. The van der Waals surface area contributed by atoms with Gasteiger partial charge >= 0.3 is 0 Å². The lowest BCUT2D eigenvalue weighted by Gasteiger charge is -2.32. The van der Waals surface area contributed by atoms with Crippen molar-refractivity contribution < 1.29 is 9.26 Å². The zero-order valence-electron chi connectivity index (χ0n) is 15.8. The van der Waals surface area contributed by atoms with Crippen molar-refractivity contribution in [1.82, 2.24) is 10.1 Å². The second-order valence-electron chi connectivity index (χ2n) is 7.58. The largest absolute Gasteiger partial charge is 0.373 e. The van der Waals surface area contributed by atoms with Crippen molar-refractivity contribution in [3.63, 3.8) is 0 Å². The normalized spacial score (nSPS) is 17.8. The third-order valence-corrected chi connectivity index (χ3v) is 7.06. The maximum Gasteiger partial charge on any atom is 0.145 e. The van der Waals surface area contributed by atoms with Gasteiger partial charge in [0.2, 0.25) is 0 Å². The highest BCUT2D eigenvalue weighted by atomic mass is 35.5. The molecular weight excluding hydrogens is 429 g/mol. The fourth-order valence-corrected chi connectivity index (χ4v) is 5.12. The van der Waals surface area contributed by atoms with E-state index >= 15 is 0 Å². The number of ether oxygens (including phenoxy) is 1. The van der Waals surface area contributed by atoms with E-state index in [1.54, 1.807) is 11.3 Å². The van der Waals surface area contributed by atoms with Crippen LogP contribution in [0.2, 0.25) is 10.0 Å². The quantitative estimate of drug-likeness (QED) is 0.450. The van der Waals surface area contributed by atoms with Crippen LogP contribution in [-0.4, -0.2) is 29.3 Å². The number of aromatic nitrogens is 2. The van der Waals surface area contributed by atoms with Gasteiger partial charge in [0.05, 0.1) is 34.5 Å². The number of piperidine rings is 1. The highest BCUT2D eigenvalue weighted by molar-refractivity contribution is 7.13. The van der Waals surface area contributed by atoms with Gasteiger partial charge in [0.25, 0.3) is 0 Å². The number of nitrogens with zero attached hydrogens (tertiary/aromatic N) is 3. The minimum absolute atomic E-state index is 0.218. The molecule has 3 heterocycles. The van der Waals surface area contributed by atoms with Gasteiger partial charge in [-0.15, -0.1) is 11.3 Å². The van der Waals surface area contributed by atoms with Gasteiger partial charge in [-0.25, -0.2) is 0 Å². The monoisotopic (exact) mass is 449 g/mol. The van der Waals surface area contributed by atoms with Crippen molar-refractivity contribution in [2.45, 2.75) is 44.3 Å². The number of rotatable bonds is 6. The van der Waals surface area contributed by atoms with Crippen LogP contribution in [0.1, 0.15) is 42.9 Å². The van der Waals surface area contributed by atoms with E-state index in [-0.39, 0.29) is 6.10 Å². The summed E-state index contributed by atoms with van der Waals surface area (Å²) in [6.07, 6.45) is 6.39. The average Bonchev–Trinajstić information content (AvgIpc) is 3.25. The summed E-state index contributed by atoms with van der Waals surface area (Å²) in [6, 6.07) is 5.49. The molecule has 0 unspecified atom stereocenters. The first-order chi connectivity index (χ1) is 14.2. The van der Waals surface area contributed by atoms with E-state index in [4.69, 9.17) is 32.5 Å². The Morgan fingerprint density at radius 2 is 1.90 bits per heavy atom. The first-order valence-electron chi connectivity index (χ1n) is 9.88. The van der Waals surface area contributed by atoms with Crippen LogP contribution in [0.5, 0.6) is 0 Å².